The molecule has 0 amide bonds. The molecule has 0 bridgehead atoms. The molecule has 0 radical (unpaired) electrons. The van der Waals surface area contributed by atoms with Gasteiger partial charge in [-0.15, -0.1) is 0 Å². The lowest BCUT2D eigenvalue weighted by Crippen LogP contribution is -2.14. The van der Waals surface area contributed by atoms with Gasteiger partial charge in [-0.3, -0.25) is 0 Å². The van der Waals surface area contributed by atoms with Gasteiger partial charge in [0.15, 0.2) is 0 Å². The number of aliphatic imine (C=N–C) groups is 1. The normalized spacial score (nSPS) is 11.3. The number of benzene rings is 1. The fourth-order valence-electron chi connectivity index (χ4n) is 1.54. The van der Waals surface area contributed by atoms with Crippen molar-refractivity contribution in [2.24, 2.45) is 10.7 Å². The van der Waals surface area contributed by atoms with Crippen LogP contribution in [0.5, 0.6) is 5.88 Å². The van der Waals surface area contributed by atoms with Crippen molar-refractivity contribution in [3.05, 3.63) is 48.4 Å². The first-order valence-corrected chi connectivity index (χ1v) is 5.50. The number of nitrogens with two attached hydrogens (primary N) is 1. The number of hydrogen-bond donors (Lipinski definition) is 1. The molecule has 0 unspecified atom stereocenters. The maximum absolute atomic E-state index is 5.90. The van der Waals surface area contributed by atoms with E-state index in [0.717, 1.165) is 5.56 Å². The molecule has 1 aromatic heterocycles. The van der Waals surface area contributed by atoms with E-state index >= 15 is 0 Å². The molecule has 0 aliphatic carbocycles. The van der Waals surface area contributed by atoms with E-state index in [1.165, 1.54) is 13.4 Å². The van der Waals surface area contributed by atoms with Gasteiger partial charge in [0.2, 0.25) is 5.88 Å². The number of ether oxygens (including phenoxy) is 1. The molecule has 2 N–H and O–H groups in total. The highest BCUT2D eigenvalue weighted by Gasteiger charge is 2.03. The zero-order valence-corrected chi connectivity index (χ0v) is 10.1. The van der Waals surface area contributed by atoms with E-state index in [2.05, 4.69) is 15.0 Å². The van der Waals surface area contributed by atoms with E-state index in [1.807, 2.05) is 30.3 Å². The first-order valence-electron chi connectivity index (χ1n) is 5.50. The van der Waals surface area contributed by atoms with Crippen LogP contribution in [0, 0.1) is 0 Å². The molecule has 0 saturated heterocycles. The van der Waals surface area contributed by atoms with E-state index in [9.17, 15) is 0 Å². The number of rotatable bonds is 4. The van der Waals surface area contributed by atoms with Crippen molar-refractivity contribution in [1.29, 1.82) is 0 Å². The van der Waals surface area contributed by atoms with Crippen LogP contribution in [0.1, 0.15) is 5.56 Å². The SMILES string of the molecule is COc1ncncc1N=C(N)Cc1ccccc1. The maximum atomic E-state index is 5.90. The third kappa shape index (κ3) is 3.04. The van der Waals surface area contributed by atoms with Crippen LogP contribution < -0.4 is 10.5 Å². The molecule has 0 aliphatic rings. The summed E-state index contributed by atoms with van der Waals surface area (Å²) in [7, 11) is 1.54. The van der Waals surface area contributed by atoms with Crippen molar-refractivity contribution >= 4 is 11.5 Å². The molecule has 0 atom stereocenters. The minimum Gasteiger partial charge on any atom is -0.479 e. The van der Waals surface area contributed by atoms with Gasteiger partial charge in [-0.25, -0.2) is 9.98 Å². The van der Waals surface area contributed by atoms with Gasteiger partial charge in [-0.2, -0.15) is 4.98 Å². The minimum absolute atomic E-state index is 0.418. The lowest BCUT2D eigenvalue weighted by Gasteiger charge is -2.04. The highest BCUT2D eigenvalue weighted by atomic mass is 16.5. The smallest absolute Gasteiger partial charge is 0.242 e. The Labute approximate surface area is 105 Å². The molecule has 1 heterocycles. The van der Waals surface area contributed by atoms with Crippen LogP contribution in [0.3, 0.4) is 0 Å². The largest absolute Gasteiger partial charge is 0.479 e. The van der Waals surface area contributed by atoms with Gasteiger partial charge in [0.25, 0.3) is 0 Å². The Balaban J connectivity index is 2.18. The van der Waals surface area contributed by atoms with Crippen molar-refractivity contribution in [2.75, 3.05) is 7.11 Å². The predicted molar refractivity (Wildman–Crippen MR) is 70.0 cm³/mol. The second kappa shape index (κ2) is 5.77. The van der Waals surface area contributed by atoms with Gasteiger partial charge in [0.1, 0.15) is 17.9 Å². The summed E-state index contributed by atoms with van der Waals surface area (Å²) in [5, 5.41) is 0. The Morgan fingerprint density at radius 2 is 2.11 bits per heavy atom. The second-order valence-corrected chi connectivity index (χ2v) is 3.68. The van der Waals surface area contributed by atoms with Crippen LogP contribution in [-0.2, 0) is 6.42 Å². The zero-order chi connectivity index (χ0) is 12.8. The first kappa shape index (κ1) is 12.0. The highest BCUT2D eigenvalue weighted by molar-refractivity contribution is 5.85. The summed E-state index contributed by atoms with van der Waals surface area (Å²) in [6.45, 7) is 0. The number of nitrogens with zero attached hydrogens (tertiary/aromatic N) is 3. The molecule has 0 aliphatic heterocycles. The maximum Gasteiger partial charge on any atom is 0.242 e. The van der Waals surface area contributed by atoms with Crippen molar-refractivity contribution in [2.45, 2.75) is 6.42 Å². The molecule has 0 fully saturated rings. The summed E-state index contributed by atoms with van der Waals surface area (Å²) >= 11 is 0. The Morgan fingerprint density at radius 1 is 1.33 bits per heavy atom. The monoisotopic (exact) mass is 242 g/mol. The minimum atomic E-state index is 0.418. The van der Waals surface area contributed by atoms with Crippen LogP contribution in [0.4, 0.5) is 5.69 Å². The molecule has 1 aromatic carbocycles. The summed E-state index contributed by atoms with van der Waals surface area (Å²) < 4.78 is 5.08. The van der Waals surface area contributed by atoms with Gasteiger partial charge in [0, 0.05) is 6.42 Å². The Kier molecular flexibility index (Phi) is 3.86. The lowest BCUT2D eigenvalue weighted by molar-refractivity contribution is 0.398. The average Bonchev–Trinajstić information content (AvgIpc) is 2.40. The Bertz CT molecular complexity index is 540. The molecule has 5 heteroatoms. The summed E-state index contributed by atoms with van der Waals surface area (Å²) in [5.41, 5.74) is 7.54. The molecule has 2 rings (SSSR count). The molecule has 5 nitrogen and oxygen atoms in total. The van der Waals surface area contributed by atoms with Crippen LogP contribution in [0.15, 0.2) is 47.8 Å². The Morgan fingerprint density at radius 3 is 2.83 bits per heavy atom. The van der Waals surface area contributed by atoms with E-state index in [1.54, 1.807) is 6.20 Å². The van der Waals surface area contributed by atoms with E-state index in [-0.39, 0.29) is 0 Å². The highest BCUT2D eigenvalue weighted by Crippen LogP contribution is 2.22. The van der Waals surface area contributed by atoms with Gasteiger partial charge in [-0.05, 0) is 5.56 Å². The molecule has 92 valence electrons. The van der Waals surface area contributed by atoms with Crippen LogP contribution in [0.2, 0.25) is 0 Å². The van der Waals surface area contributed by atoms with Crippen molar-refractivity contribution < 1.29 is 4.74 Å². The lowest BCUT2D eigenvalue weighted by atomic mass is 10.1. The standard InChI is InChI=1S/C13H14N4O/c1-18-13-11(8-15-9-16-13)17-12(14)7-10-5-3-2-4-6-10/h2-6,8-9H,7H2,1H3,(H2,14,17). The third-order valence-corrected chi connectivity index (χ3v) is 2.34. The van der Waals surface area contributed by atoms with Gasteiger partial charge in [0.05, 0.1) is 13.3 Å². The van der Waals surface area contributed by atoms with E-state index in [4.69, 9.17) is 10.5 Å². The number of hydrogen-bond acceptors (Lipinski definition) is 4. The van der Waals surface area contributed by atoms with Gasteiger partial charge >= 0.3 is 0 Å². The first-order chi connectivity index (χ1) is 8.79. The van der Waals surface area contributed by atoms with Crippen molar-refractivity contribution in [3.8, 4) is 5.88 Å². The summed E-state index contributed by atoms with van der Waals surface area (Å²) in [6.07, 6.45) is 3.56. The van der Waals surface area contributed by atoms with E-state index < -0.39 is 0 Å². The average molecular weight is 242 g/mol. The van der Waals surface area contributed by atoms with Crippen LogP contribution >= 0.6 is 0 Å². The van der Waals surface area contributed by atoms with Crippen molar-refractivity contribution in [3.63, 3.8) is 0 Å². The fraction of sp³-hybridized carbons (Fsp3) is 0.154. The zero-order valence-electron chi connectivity index (χ0n) is 10.1. The summed E-state index contributed by atoms with van der Waals surface area (Å²) in [5.74, 6) is 0.912. The molecule has 0 saturated carbocycles. The Hall–Kier alpha value is -2.43. The molecular formula is C13H14N4O. The van der Waals surface area contributed by atoms with Gasteiger partial charge < -0.3 is 10.5 Å². The predicted octanol–water partition coefficient (Wildman–Crippen LogP) is 1.72. The molecule has 18 heavy (non-hydrogen) atoms. The van der Waals surface area contributed by atoms with Crippen molar-refractivity contribution in [1.82, 2.24) is 9.97 Å². The number of amidine groups is 1. The fourth-order valence-corrected chi connectivity index (χ4v) is 1.54. The van der Waals surface area contributed by atoms with Crippen LogP contribution in [-0.4, -0.2) is 22.9 Å². The molecular weight excluding hydrogens is 228 g/mol. The van der Waals surface area contributed by atoms with Crippen LogP contribution in [0.25, 0.3) is 0 Å². The third-order valence-electron chi connectivity index (χ3n) is 2.34. The summed E-state index contributed by atoms with van der Waals surface area (Å²) in [6, 6.07) is 9.90. The molecule has 0 spiro atoms. The topological polar surface area (TPSA) is 73.4 Å². The molecule has 2 aromatic rings. The van der Waals surface area contributed by atoms with Gasteiger partial charge in [-0.1, -0.05) is 30.3 Å². The van der Waals surface area contributed by atoms with E-state index in [0.29, 0.717) is 23.8 Å². The summed E-state index contributed by atoms with van der Waals surface area (Å²) in [4.78, 5) is 12.1. The second-order valence-electron chi connectivity index (χ2n) is 3.68. The quantitative estimate of drug-likeness (QED) is 0.654. The number of aromatic nitrogens is 2. The number of methoxy groups -OCH3 is 1.